The molecule has 1 fully saturated rings. The van der Waals surface area contributed by atoms with Crippen LogP contribution in [0.3, 0.4) is 0 Å². The molecular formula is C16H32N2O3. The number of hydrogen-bond donors (Lipinski definition) is 2. The predicted octanol–water partition coefficient (Wildman–Crippen LogP) is 2.84. The van der Waals surface area contributed by atoms with Crippen LogP contribution < -0.4 is 10.6 Å². The summed E-state index contributed by atoms with van der Waals surface area (Å²) in [6.07, 6.45) is 5.70. The molecule has 3 atom stereocenters. The lowest BCUT2D eigenvalue weighted by atomic mass is 9.92. The zero-order valence-electron chi connectivity index (χ0n) is 14.2. The number of rotatable bonds is 6. The van der Waals surface area contributed by atoms with Crippen molar-refractivity contribution in [3.8, 4) is 0 Å². The highest BCUT2D eigenvalue weighted by Gasteiger charge is 2.24. The molecule has 0 radical (unpaired) electrons. The van der Waals surface area contributed by atoms with E-state index in [9.17, 15) is 4.79 Å². The second-order valence-electron chi connectivity index (χ2n) is 6.96. The molecule has 21 heavy (non-hydrogen) atoms. The minimum Gasteiger partial charge on any atom is -0.444 e. The van der Waals surface area contributed by atoms with Crippen molar-refractivity contribution >= 4 is 6.09 Å². The molecule has 124 valence electrons. The van der Waals surface area contributed by atoms with Gasteiger partial charge in [-0.05, 0) is 53.5 Å². The third-order valence-corrected chi connectivity index (χ3v) is 3.75. The van der Waals surface area contributed by atoms with Crippen LogP contribution in [-0.2, 0) is 9.47 Å². The van der Waals surface area contributed by atoms with E-state index in [2.05, 4.69) is 10.6 Å². The SMILES string of the molecule is COC1CCCCC1NCCC(C)NC(=O)OC(C)(C)C. The normalized spacial score (nSPS) is 24.4. The molecule has 0 aromatic heterocycles. The van der Waals surface area contributed by atoms with Crippen LogP contribution in [0.5, 0.6) is 0 Å². The van der Waals surface area contributed by atoms with Gasteiger partial charge in [-0.1, -0.05) is 12.8 Å². The molecule has 0 aromatic rings. The van der Waals surface area contributed by atoms with Gasteiger partial charge < -0.3 is 20.1 Å². The highest BCUT2D eigenvalue weighted by molar-refractivity contribution is 5.67. The second kappa shape index (κ2) is 8.59. The summed E-state index contributed by atoms with van der Waals surface area (Å²) in [7, 11) is 1.79. The van der Waals surface area contributed by atoms with Crippen LogP contribution in [0, 0.1) is 0 Å². The monoisotopic (exact) mass is 300 g/mol. The van der Waals surface area contributed by atoms with Crippen LogP contribution >= 0.6 is 0 Å². The van der Waals surface area contributed by atoms with E-state index in [1.54, 1.807) is 7.11 Å². The Balaban J connectivity index is 2.20. The summed E-state index contributed by atoms with van der Waals surface area (Å²) >= 11 is 0. The van der Waals surface area contributed by atoms with E-state index in [-0.39, 0.29) is 12.1 Å². The van der Waals surface area contributed by atoms with Crippen molar-refractivity contribution < 1.29 is 14.3 Å². The fourth-order valence-corrected chi connectivity index (χ4v) is 2.68. The van der Waals surface area contributed by atoms with E-state index in [1.165, 1.54) is 19.3 Å². The molecule has 0 heterocycles. The molecule has 3 unspecified atom stereocenters. The van der Waals surface area contributed by atoms with Crippen molar-refractivity contribution in [1.82, 2.24) is 10.6 Å². The molecule has 0 spiro atoms. The maximum atomic E-state index is 11.7. The quantitative estimate of drug-likeness (QED) is 0.792. The molecule has 1 aliphatic rings. The summed E-state index contributed by atoms with van der Waals surface area (Å²) in [5.74, 6) is 0. The summed E-state index contributed by atoms with van der Waals surface area (Å²) < 4.78 is 10.8. The first-order valence-electron chi connectivity index (χ1n) is 8.07. The van der Waals surface area contributed by atoms with E-state index in [0.717, 1.165) is 19.4 Å². The maximum absolute atomic E-state index is 11.7. The molecule has 1 aliphatic carbocycles. The Labute approximate surface area is 129 Å². The lowest BCUT2D eigenvalue weighted by molar-refractivity contribution is 0.0410. The lowest BCUT2D eigenvalue weighted by Crippen LogP contribution is -2.45. The van der Waals surface area contributed by atoms with Gasteiger partial charge in [0, 0.05) is 19.2 Å². The average Bonchev–Trinajstić information content (AvgIpc) is 2.36. The Morgan fingerprint density at radius 3 is 2.57 bits per heavy atom. The predicted molar refractivity (Wildman–Crippen MR) is 84.5 cm³/mol. The van der Waals surface area contributed by atoms with Crippen molar-refractivity contribution in [3.05, 3.63) is 0 Å². The Morgan fingerprint density at radius 2 is 1.95 bits per heavy atom. The van der Waals surface area contributed by atoms with E-state index in [4.69, 9.17) is 9.47 Å². The second-order valence-corrected chi connectivity index (χ2v) is 6.96. The van der Waals surface area contributed by atoms with Gasteiger partial charge in [-0.15, -0.1) is 0 Å². The van der Waals surface area contributed by atoms with Gasteiger partial charge in [0.15, 0.2) is 0 Å². The first-order valence-corrected chi connectivity index (χ1v) is 8.07. The number of alkyl carbamates (subject to hydrolysis) is 1. The van der Waals surface area contributed by atoms with Gasteiger partial charge in [0.1, 0.15) is 5.60 Å². The molecule has 2 N–H and O–H groups in total. The number of methoxy groups -OCH3 is 1. The molecule has 0 aliphatic heterocycles. The topological polar surface area (TPSA) is 59.6 Å². The number of nitrogens with one attached hydrogen (secondary N) is 2. The number of carbonyl (C=O) groups is 1. The van der Waals surface area contributed by atoms with Gasteiger partial charge in [-0.25, -0.2) is 4.79 Å². The zero-order valence-corrected chi connectivity index (χ0v) is 14.2. The van der Waals surface area contributed by atoms with E-state index < -0.39 is 5.60 Å². The standard InChI is InChI=1S/C16H32N2O3/c1-12(18-15(19)21-16(2,3)4)10-11-17-13-8-6-7-9-14(13)20-5/h12-14,17H,6-11H2,1-5H3,(H,18,19). The maximum Gasteiger partial charge on any atom is 0.407 e. The minimum absolute atomic E-state index is 0.0944. The van der Waals surface area contributed by atoms with Crippen molar-refractivity contribution in [1.29, 1.82) is 0 Å². The Bertz CT molecular complexity index is 315. The van der Waals surface area contributed by atoms with Gasteiger partial charge >= 0.3 is 6.09 Å². The van der Waals surface area contributed by atoms with Gasteiger partial charge in [-0.3, -0.25) is 0 Å². The van der Waals surface area contributed by atoms with Crippen LogP contribution in [0.25, 0.3) is 0 Å². The largest absolute Gasteiger partial charge is 0.444 e. The zero-order chi connectivity index (χ0) is 15.9. The van der Waals surface area contributed by atoms with Gasteiger partial charge in [0.25, 0.3) is 0 Å². The Morgan fingerprint density at radius 1 is 1.29 bits per heavy atom. The fraction of sp³-hybridized carbons (Fsp3) is 0.938. The summed E-state index contributed by atoms with van der Waals surface area (Å²) in [6, 6.07) is 0.536. The van der Waals surface area contributed by atoms with Gasteiger partial charge in [-0.2, -0.15) is 0 Å². The number of hydrogen-bond acceptors (Lipinski definition) is 4. The minimum atomic E-state index is -0.449. The molecule has 0 aromatic carbocycles. The Kier molecular flexibility index (Phi) is 7.46. The van der Waals surface area contributed by atoms with Crippen LogP contribution in [0.2, 0.25) is 0 Å². The summed E-state index contributed by atoms with van der Waals surface area (Å²) in [5.41, 5.74) is -0.449. The highest BCUT2D eigenvalue weighted by Crippen LogP contribution is 2.20. The Hall–Kier alpha value is -0.810. The first-order chi connectivity index (χ1) is 9.81. The number of ether oxygens (including phenoxy) is 2. The fourth-order valence-electron chi connectivity index (χ4n) is 2.68. The average molecular weight is 300 g/mol. The first kappa shape index (κ1) is 18.2. The molecule has 5 heteroatoms. The van der Waals surface area contributed by atoms with E-state index in [0.29, 0.717) is 12.1 Å². The van der Waals surface area contributed by atoms with Crippen LogP contribution in [0.15, 0.2) is 0 Å². The van der Waals surface area contributed by atoms with E-state index >= 15 is 0 Å². The molecule has 1 amide bonds. The number of amides is 1. The highest BCUT2D eigenvalue weighted by atomic mass is 16.6. The van der Waals surface area contributed by atoms with Crippen molar-refractivity contribution in [2.45, 2.75) is 83.6 Å². The summed E-state index contributed by atoms with van der Waals surface area (Å²) in [4.78, 5) is 11.7. The van der Waals surface area contributed by atoms with Crippen molar-refractivity contribution in [2.24, 2.45) is 0 Å². The third kappa shape index (κ3) is 7.67. The van der Waals surface area contributed by atoms with Crippen molar-refractivity contribution in [2.75, 3.05) is 13.7 Å². The van der Waals surface area contributed by atoms with Crippen molar-refractivity contribution in [3.63, 3.8) is 0 Å². The molecule has 0 bridgehead atoms. The van der Waals surface area contributed by atoms with Crippen LogP contribution in [0.4, 0.5) is 4.79 Å². The molecule has 5 nitrogen and oxygen atoms in total. The molecule has 1 saturated carbocycles. The van der Waals surface area contributed by atoms with Crippen LogP contribution in [0.1, 0.15) is 59.8 Å². The smallest absolute Gasteiger partial charge is 0.407 e. The van der Waals surface area contributed by atoms with Crippen LogP contribution in [-0.4, -0.2) is 43.5 Å². The number of carbonyl (C=O) groups excluding carboxylic acids is 1. The van der Waals surface area contributed by atoms with Gasteiger partial charge in [0.05, 0.1) is 6.10 Å². The molecule has 1 rings (SSSR count). The molecular weight excluding hydrogens is 268 g/mol. The lowest BCUT2D eigenvalue weighted by Gasteiger charge is -2.31. The third-order valence-electron chi connectivity index (χ3n) is 3.75. The van der Waals surface area contributed by atoms with Gasteiger partial charge in [0.2, 0.25) is 0 Å². The molecule has 0 saturated heterocycles. The summed E-state index contributed by atoms with van der Waals surface area (Å²) in [5, 5.41) is 6.42. The van der Waals surface area contributed by atoms with E-state index in [1.807, 2.05) is 27.7 Å². The summed E-state index contributed by atoms with van der Waals surface area (Å²) in [6.45, 7) is 8.48.